The van der Waals surface area contributed by atoms with Gasteiger partial charge in [-0.15, -0.1) is 0 Å². The van der Waals surface area contributed by atoms with Crippen LogP contribution in [0.15, 0.2) is 18.2 Å². The molecule has 0 aliphatic carbocycles. The fourth-order valence-corrected chi connectivity index (χ4v) is 2.14. The standard InChI is InChI=1S/C13H18N4O2S/c1-4-19-12-10(6-5-7-11(12)18-3)8-14-17-9(2)15-16-13(17)20/h5-7,14H,4,8H2,1-3H3,(H,16,20). The van der Waals surface area contributed by atoms with Gasteiger partial charge in [0.05, 0.1) is 20.3 Å². The highest BCUT2D eigenvalue weighted by Gasteiger charge is 2.10. The molecule has 1 aromatic heterocycles. The number of benzene rings is 1. The van der Waals surface area contributed by atoms with Crippen LogP contribution in [0.3, 0.4) is 0 Å². The molecule has 0 amide bonds. The average Bonchev–Trinajstić information content (AvgIpc) is 2.77. The van der Waals surface area contributed by atoms with Gasteiger partial charge >= 0.3 is 0 Å². The number of rotatable bonds is 6. The summed E-state index contributed by atoms with van der Waals surface area (Å²) in [6.45, 7) is 4.95. The van der Waals surface area contributed by atoms with Crippen LogP contribution in [0.1, 0.15) is 18.3 Å². The molecule has 0 spiro atoms. The zero-order valence-electron chi connectivity index (χ0n) is 11.8. The van der Waals surface area contributed by atoms with Crippen molar-refractivity contribution in [3.05, 3.63) is 34.4 Å². The lowest BCUT2D eigenvalue weighted by molar-refractivity contribution is 0.307. The van der Waals surface area contributed by atoms with Crippen LogP contribution in [-0.4, -0.2) is 28.6 Å². The van der Waals surface area contributed by atoms with Crippen molar-refractivity contribution in [2.75, 3.05) is 19.1 Å². The number of methoxy groups -OCH3 is 1. The molecular formula is C13H18N4O2S. The normalized spacial score (nSPS) is 10.3. The van der Waals surface area contributed by atoms with Gasteiger partial charge in [-0.3, -0.25) is 5.10 Å². The zero-order chi connectivity index (χ0) is 14.5. The third-order valence-electron chi connectivity index (χ3n) is 2.84. The second kappa shape index (κ2) is 6.42. The second-order valence-corrected chi connectivity index (χ2v) is 4.51. The summed E-state index contributed by atoms with van der Waals surface area (Å²) in [6, 6.07) is 5.79. The molecule has 2 N–H and O–H groups in total. The first-order valence-electron chi connectivity index (χ1n) is 6.34. The summed E-state index contributed by atoms with van der Waals surface area (Å²) in [5.74, 6) is 2.24. The SMILES string of the molecule is CCOc1c(CNn2c(C)n[nH]c2=S)cccc1OC. The van der Waals surface area contributed by atoms with Gasteiger partial charge in [-0.2, -0.15) is 5.10 Å². The number of nitrogens with zero attached hydrogens (tertiary/aromatic N) is 2. The highest BCUT2D eigenvalue weighted by atomic mass is 32.1. The summed E-state index contributed by atoms with van der Waals surface area (Å²) in [4.78, 5) is 0. The minimum Gasteiger partial charge on any atom is -0.493 e. The van der Waals surface area contributed by atoms with E-state index in [2.05, 4.69) is 15.6 Å². The third kappa shape index (κ3) is 2.93. The molecule has 0 unspecified atom stereocenters. The van der Waals surface area contributed by atoms with E-state index in [0.29, 0.717) is 17.9 Å². The molecule has 0 bridgehead atoms. The van der Waals surface area contributed by atoms with Crippen molar-refractivity contribution >= 4 is 12.2 Å². The van der Waals surface area contributed by atoms with Crippen LogP contribution in [0.4, 0.5) is 0 Å². The Morgan fingerprint density at radius 2 is 2.25 bits per heavy atom. The first-order chi connectivity index (χ1) is 9.67. The molecule has 1 heterocycles. The van der Waals surface area contributed by atoms with Crippen LogP contribution in [0.25, 0.3) is 0 Å². The number of hydrogen-bond donors (Lipinski definition) is 2. The average molecular weight is 294 g/mol. The number of nitrogens with one attached hydrogen (secondary N) is 2. The van der Waals surface area contributed by atoms with Gasteiger partial charge in [-0.25, -0.2) is 4.68 Å². The molecule has 20 heavy (non-hydrogen) atoms. The number of aryl methyl sites for hydroxylation is 1. The number of H-pyrrole nitrogens is 1. The molecule has 6 nitrogen and oxygen atoms in total. The van der Waals surface area contributed by atoms with Crippen molar-refractivity contribution in [2.45, 2.75) is 20.4 Å². The smallest absolute Gasteiger partial charge is 0.214 e. The van der Waals surface area contributed by atoms with E-state index in [-0.39, 0.29) is 0 Å². The lowest BCUT2D eigenvalue weighted by Gasteiger charge is -2.15. The molecule has 0 saturated heterocycles. The molecule has 7 heteroatoms. The Hall–Kier alpha value is -2.02. The minimum atomic E-state index is 0.531. The van der Waals surface area contributed by atoms with Gasteiger partial charge in [0, 0.05) is 5.56 Å². The summed E-state index contributed by atoms with van der Waals surface area (Å²) in [7, 11) is 1.63. The summed E-state index contributed by atoms with van der Waals surface area (Å²) >= 11 is 5.15. The Bertz CT molecular complexity index is 636. The molecule has 0 fully saturated rings. The van der Waals surface area contributed by atoms with Crippen LogP contribution in [0.2, 0.25) is 0 Å². The van der Waals surface area contributed by atoms with Crippen molar-refractivity contribution in [2.24, 2.45) is 0 Å². The zero-order valence-corrected chi connectivity index (χ0v) is 12.6. The molecule has 2 rings (SSSR count). The van der Waals surface area contributed by atoms with Crippen LogP contribution < -0.4 is 14.9 Å². The number of ether oxygens (including phenoxy) is 2. The Labute approximate surface area is 122 Å². The van der Waals surface area contributed by atoms with E-state index >= 15 is 0 Å². The predicted octanol–water partition coefficient (Wildman–Crippen LogP) is 2.40. The van der Waals surface area contributed by atoms with Gasteiger partial charge in [-0.05, 0) is 32.1 Å². The highest BCUT2D eigenvalue weighted by molar-refractivity contribution is 7.71. The Morgan fingerprint density at radius 1 is 1.45 bits per heavy atom. The van der Waals surface area contributed by atoms with Crippen molar-refractivity contribution in [1.29, 1.82) is 0 Å². The first-order valence-corrected chi connectivity index (χ1v) is 6.74. The minimum absolute atomic E-state index is 0.531. The second-order valence-electron chi connectivity index (χ2n) is 4.13. The Balaban J connectivity index is 2.23. The van der Waals surface area contributed by atoms with Crippen LogP contribution in [-0.2, 0) is 6.54 Å². The summed E-state index contributed by atoms with van der Waals surface area (Å²) in [5, 5.41) is 6.78. The van der Waals surface area contributed by atoms with Gasteiger partial charge in [0.1, 0.15) is 5.82 Å². The maximum atomic E-state index is 5.67. The fourth-order valence-electron chi connectivity index (χ4n) is 1.90. The van der Waals surface area contributed by atoms with Crippen molar-refractivity contribution < 1.29 is 9.47 Å². The number of aromatic nitrogens is 3. The first kappa shape index (κ1) is 14.4. The molecule has 1 aromatic carbocycles. The van der Waals surface area contributed by atoms with Gasteiger partial charge < -0.3 is 14.9 Å². The number of aromatic amines is 1. The van der Waals surface area contributed by atoms with Gasteiger partial charge in [0.2, 0.25) is 4.77 Å². The van der Waals surface area contributed by atoms with E-state index in [4.69, 9.17) is 21.7 Å². The van der Waals surface area contributed by atoms with E-state index in [1.54, 1.807) is 11.8 Å². The monoisotopic (exact) mass is 294 g/mol. The quantitative estimate of drug-likeness (QED) is 0.801. The topological polar surface area (TPSA) is 64.1 Å². The number of para-hydroxylation sites is 1. The maximum Gasteiger partial charge on any atom is 0.214 e. The predicted molar refractivity (Wildman–Crippen MR) is 79.4 cm³/mol. The van der Waals surface area contributed by atoms with Crippen molar-refractivity contribution in [1.82, 2.24) is 14.9 Å². The van der Waals surface area contributed by atoms with E-state index in [1.807, 2.05) is 32.0 Å². The fraction of sp³-hybridized carbons (Fsp3) is 0.385. The summed E-state index contributed by atoms with van der Waals surface area (Å²) in [5.41, 5.74) is 4.20. The van der Waals surface area contributed by atoms with Crippen LogP contribution in [0, 0.1) is 11.7 Å². The lowest BCUT2D eigenvalue weighted by atomic mass is 10.2. The van der Waals surface area contributed by atoms with Crippen LogP contribution >= 0.6 is 12.2 Å². The van der Waals surface area contributed by atoms with Crippen LogP contribution in [0.5, 0.6) is 11.5 Å². The Kier molecular flexibility index (Phi) is 4.62. The molecular weight excluding hydrogens is 276 g/mol. The largest absolute Gasteiger partial charge is 0.493 e. The van der Waals surface area contributed by atoms with E-state index in [9.17, 15) is 0 Å². The maximum absolute atomic E-state index is 5.67. The Morgan fingerprint density at radius 3 is 2.85 bits per heavy atom. The van der Waals surface area contributed by atoms with Gasteiger partial charge in [-0.1, -0.05) is 12.1 Å². The van der Waals surface area contributed by atoms with Crippen molar-refractivity contribution in [3.63, 3.8) is 0 Å². The lowest BCUT2D eigenvalue weighted by Crippen LogP contribution is -2.16. The van der Waals surface area contributed by atoms with E-state index in [1.165, 1.54) is 0 Å². The summed E-state index contributed by atoms with van der Waals surface area (Å²) in [6.07, 6.45) is 0. The molecule has 0 atom stereocenters. The molecule has 108 valence electrons. The number of hydrogen-bond acceptors (Lipinski definition) is 5. The molecule has 0 saturated carbocycles. The van der Waals surface area contributed by atoms with Crippen molar-refractivity contribution in [3.8, 4) is 11.5 Å². The van der Waals surface area contributed by atoms with Gasteiger partial charge in [0.25, 0.3) is 0 Å². The third-order valence-corrected chi connectivity index (χ3v) is 3.11. The molecule has 0 radical (unpaired) electrons. The summed E-state index contributed by atoms with van der Waals surface area (Å²) < 4.78 is 13.2. The van der Waals surface area contributed by atoms with E-state index in [0.717, 1.165) is 22.9 Å². The van der Waals surface area contributed by atoms with Gasteiger partial charge in [0.15, 0.2) is 11.5 Å². The molecule has 0 aliphatic rings. The molecule has 2 aromatic rings. The van der Waals surface area contributed by atoms with E-state index < -0.39 is 0 Å². The molecule has 0 aliphatic heterocycles. The highest BCUT2D eigenvalue weighted by Crippen LogP contribution is 2.31.